The molecule has 2 aliphatic heterocycles. The Morgan fingerprint density at radius 3 is 2.51 bits per heavy atom. The predicted octanol–water partition coefficient (Wildman–Crippen LogP) is 2.01. The number of aromatic carboxylic acids is 1. The van der Waals surface area contributed by atoms with Gasteiger partial charge >= 0.3 is 12.0 Å². The van der Waals surface area contributed by atoms with Crippen LogP contribution in [0.3, 0.4) is 0 Å². The number of anilines is 3. The van der Waals surface area contributed by atoms with Gasteiger partial charge in [0.2, 0.25) is 5.91 Å². The lowest BCUT2D eigenvalue weighted by Crippen LogP contribution is -2.45. The third-order valence-electron chi connectivity index (χ3n) is 5.73. The van der Waals surface area contributed by atoms with Crippen LogP contribution in [0.2, 0.25) is 5.02 Å². The summed E-state index contributed by atoms with van der Waals surface area (Å²) in [6.45, 7) is 0.437. The molecule has 0 unspecified atom stereocenters. The van der Waals surface area contributed by atoms with Gasteiger partial charge in [0.05, 0.1) is 24.0 Å². The molecule has 11 nitrogen and oxygen atoms in total. The number of aliphatic hydroxyl groups is 1. The number of carboxylic acid groups (broad SMARTS) is 1. The number of carbonyl (C=O) groups excluding carboxylic acids is 3. The largest absolute Gasteiger partial charge is 0.478 e. The molecule has 2 aromatic carbocycles. The first-order chi connectivity index (χ1) is 16.7. The summed E-state index contributed by atoms with van der Waals surface area (Å²) in [5.74, 6) is -2.25. The monoisotopic (exact) mass is 502 g/mol. The fourth-order valence-corrected chi connectivity index (χ4v) is 4.13. The number of nitrogens with zero attached hydrogens (tertiary/aromatic N) is 2. The second-order valence-corrected chi connectivity index (χ2v) is 8.55. The Morgan fingerprint density at radius 1 is 1.09 bits per heavy atom. The van der Waals surface area contributed by atoms with Crippen molar-refractivity contribution in [1.82, 2.24) is 4.90 Å². The van der Waals surface area contributed by atoms with Gasteiger partial charge in [-0.05, 0) is 42.5 Å². The second kappa shape index (κ2) is 10.3. The van der Waals surface area contributed by atoms with Crippen LogP contribution in [0, 0.1) is 0 Å². The fourth-order valence-electron chi connectivity index (χ4n) is 4.01. The molecule has 0 bridgehead atoms. The zero-order chi connectivity index (χ0) is 25.1. The number of urea groups is 1. The Labute approximate surface area is 205 Å². The highest BCUT2D eigenvalue weighted by Crippen LogP contribution is 2.27. The summed E-state index contributed by atoms with van der Waals surface area (Å²) in [5.41, 5.74) is 0.618. The molecule has 184 valence electrons. The minimum atomic E-state index is -1.30. The summed E-state index contributed by atoms with van der Waals surface area (Å²) < 4.78 is 5.10. The third-order valence-corrected chi connectivity index (χ3v) is 5.98. The molecule has 0 spiro atoms. The number of rotatable bonds is 5. The third kappa shape index (κ3) is 5.53. The van der Waals surface area contributed by atoms with Crippen LogP contribution < -0.4 is 15.5 Å². The Bertz CT molecular complexity index is 1160. The summed E-state index contributed by atoms with van der Waals surface area (Å²) in [6.07, 6.45) is -0.932. The van der Waals surface area contributed by atoms with Crippen molar-refractivity contribution in [3.05, 3.63) is 53.1 Å². The number of nitrogens with one attached hydrogen (secondary N) is 2. The number of β-amino-alcohol motifs (C(OH)–C–C–N with tert-alkyl or cyclic N) is 1. The molecular formula is C23H23ClN4O7. The van der Waals surface area contributed by atoms with Crippen LogP contribution in [0.15, 0.2) is 42.5 Å². The quantitative estimate of drug-likeness (QED) is 0.488. The van der Waals surface area contributed by atoms with Crippen molar-refractivity contribution in [2.24, 2.45) is 0 Å². The molecule has 12 heteroatoms. The lowest BCUT2D eigenvalue weighted by atomic mass is 10.1. The first-order valence-electron chi connectivity index (χ1n) is 10.8. The maximum Gasteiger partial charge on any atom is 0.337 e. The number of carboxylic acids is 1. The SMILES string of the molecule is O=C(O)c1cc(N2CCOCC2=O)ccc1NC(=O)[C@H]1C[C@@H](O)CN1C(=O)Nc1ccc(Cl)cc1. The molecule has 2 aromatic rings. The van der Waals surface area contributed by atoms with Crippen molar-refractivity contribution < 1.29 is 34.1 Å². The highest BCUT2D eigenvalue weighted by Gasteiger charge is 2.39. The molecule has 4 amide bonds. The minimum absolute atomic E-state index is 0.00593. The van der Waals surface area contributed by atoms with Gasteiger partial charge in [-0.15, -0.1) is 0 Å². The lowest BCUT2D eigenvalue weighted by Gasteiger charge is -2.27. The van der Waals surface area contributed by atoms with E-state index < -0.39 is 30.1 Å². The van der Waals surface area contributed by atoms with E-state index in [1.54, 1.807) is 24.3 Å². The van der Waals surface area contributed by atoms with Gasteiger partial charge in [-0.2, -0.15) is 0 Å². The van der Waals surface area contributed by atoms with Crippen LogP contribution in [0.5, 0.6) is 0 Å². The van der Waals surface area contributed by atoms with Gasteiger partial charge in [-0.3, -0.25) is 9.59 Å². The van der Waals surface area contributed by atoms with E-state index in [0.29, 0.717) is 23.0 Å². The minimum Gasteiger partial charge on any atom is -0.478 e. The summed E-state index contributed by atoms with van der Waals surface area (Å²) in [5, 5.41) is 25.5. The van der Waals surface area contributed by atoms with Crippen LogP contribution in [0.1, 0.15) is 16.8 Å². The molecular weight excluding hydrogens is 480 g/mol. The van der Waals surface area contributed by atoms with Crippen LogP contribution in [-0.4, -0.2) is 77.4 Å². The fraction of sp³-hybridized carbons (Fsp3) is 0.304. The molecule has 35 heavy (non-hydrogen) atoms. The average Bonchev–Trinajstić information content (AvgIpc) is 3.23. The molecule has 0 radical (unpaired) electrons. The smallest absolute Gasteiger partial charge is 0.337 e. The van der Waals surface area contributed by atoms with Gasteiger partial charge < -0.3 is 35.4 Å². The molecule has 2 aliphatic rings. The van der Waals surface area contributed by atoms with E-state index in [0.717, 1.165) is 0 Å². The highest BCUT2D eigenvalue weighted by atomic mass is 35.5. The number of amides is 4. The van der Waals surface area contributed by atoms with Gasteiger partial charge in [-0.1, -0.05) is 11.6 Å². The van der Waals surface area contributed by atoms with Gasteiger partial charge in [0.1, 0.15) is 12.6 Å². The highest BCUT2D eigenvalue weighted by molar-refractivity contribution is 6.30. The van der Waals surface area contributed by atoms with E-state index in [1.807, 2.05) is 0 Å². The predicted molar refractivity (Wildman–Crippen MR) is 127 cm³/mol. The summed E-state index contributed by atoms with van der Waals surface area (Å²) in [6, 6.07) is 8.99. The Morgan fingerprint density at radius 2 is 1.83 bits per heavy atom. The van der Waals surface area contributed by atoms with E-state index in [1.165, 1.54) is 28.0 Å². The number of hydrogen-bond donors (Lipinski definition) is 4. The number of ether oxygens (including phenoxy) is 1. The number of halogens is 1. The standard InChI is InChI=1S/C23H23ClN4O7/c24-13-1-3-14(4-2-13)25-23(34)28-11-16(29)10-19(28)21(31)26-18-6-5-15(9-17(18)22(32)33)27-7-8-35-12-20(27)30/h1-6,9,16,19,29H,7-8,10-12H2,(H,25,34)(H,26,31)(H,32,33)/t16-,19-/m1/s1. The van der Waals surface area contributed by atoms with Crippen molar-refractivity contribution >= 4 is 52.5 Å². The molecule has 2 heterocycles. The van der Waals surface area contributed by atoms with E-state index in [9.17, 15) is 29.4 Å². The number of likely N-dealkylation sites (tertiary alicyclic amines) is 1. The zero-order valence-electron chi connectivity index (χ0n) is 18.4. The summed E-state index contributed by atoms with van der Waals surface area (Å²) in [7, 11) is 0. The van der Waals surface area contributed by atoms with Gasteiger partial charge in [0.15, 0.2) is 0 Å². The van der Waals surface area contributed by atoms with E-state index in [-0.39, 0.29) is 43.3 Å². The van der Waals surface area contributed by atoms with Crippen molar-refractivity contribution in [2.75, 3.05) is 41.8 Å². The molecule has 0 aliphatic carbocycles. The summed E-state index contributed by atoms with van der Waals surface area (Å²) in [4.78, 5) is 52.4. The molecule has 2 atom stereocenters. The Kier molecular flexibility index (Phi) is 7.20. The van der Waals surface area contributed by atoms with Crippen LogP contribution >= 0.6 is 11.6 Å². The van der Waals surface area contributed by atoms with Crippen molar-refractivity contribution in [2.45, 2.75) is 18.6 Å². The normalized spacial score (nSPS) is 20.0. The topological polar surface area (TPSA) is 149 Å². The molecule has 2 fully saturated rings. The van der Waals surface area contributed by atoms with Crippen molar-refractivity contribution in [3.8, 4) is 0 Å². The molecule has 0 aromatic heterocycles. The maximum absolute atomic E-state index is 13.1. The van der Waals surface area contributed by atoms with Gasteiger partial charge in [0, 0.05) is 35.9 Å². The van der Waals surface area contributed by atoms with Crippen molar-refractivity contribution in [1.29, 1.82) is 0 Å². The molecule has 2 saturated heterocycles. The van der Waals surface area contributed by atoms with Gasteiger partial charge in [-0.25, -0.2) is 9.59 Å². The summed E-state index contributed by atoms with van der Waals surface area (Å²) >= 11 is 5.86. The van der Waals surface area contributed by atoms with E-state index in [4.69, 9.17) is 16.3 Å². The van der Waals surface area contributed by atoms with Gasteiger partial charge in [0.25, 0.3) is 5.91 Å². The first-order valence-corrected chi connectivity index (χ1v) is 11.2. The second-order valence-electron chi connectivity index (χ2n) is 8.12. The number of carbonyl (C=O) groups is 4. The zero-order valence-corrected chi connectivity index (χ0v) is 19.2. The maximum atomic E-state index is 13.1. The number of morpholine rings is 1. The molecule has 4 N–H and O–H groups in total. The number of benzene rings is 2. The lowest BCUT2D eigenvalue weighted by molar-refractivity contribution is -0.125. The molecule has 4 rings (SSSR count). The van der Waals surface area contributed by atoms with Crippen LogP contribution in [0.25, 0.3) is 0 Å². The number of aliphatic hydroxyl groups excluding tert-OH is 1. The van der Waals surface area contributed by atoms with Crippen LogP contribution in [-0.2, 0) is 14.3 Å². The van der Waals surface area contributed by atoms with E-state index >= 15 is 0 Å². The average molecular weight is 503 g/mol. The van der Waals surface area contributed by atoms with Crippen LogP contribution in [0.4, 0.5) is 21.9 Å². The Balaban J connectivity index is 1.51. The molecule has 0 saturated carbocycles. The van der Waals surface area contributed by atoms with Crippen molar-refractivity contribution in [3.63, 3.8) is 0 Å². The first kappa shape index (κ1) is 24.5. The Hall–Kier alpha value is -3.67. The number of hydrogen-bond acceptors (Lipinski definition) is 6. The van der Waals surface area contributed by atoms with E-state index in [2.05, 4.69) is 10.6 Å².